The summed E-state index contributed by atoms with van der Waals surface area (Å²) in [5.41, 5.74) is 6.60. The predicted octanol–water partition coefficient (Wildman–Crippen LogP) is 2.60. The zero-order valence-corrected chi connectivity index (χ0v) is 14.3. The Labute approximate surface area is 134 Å². The molecule has 3 N–H and O–H groups in total. The minimum absolute atomic E-state index is 0.0299. The van der Waals surface area contributed by atoms with Crippen molar-refractivity contribution in [1.82, 2.24) is 5.32 Å². The van der Waals surface area contributed by atoms with E-state index in [1.807, 2.05) is 32.9 Å². The molecule has 1 aromatic carbocycles. The molecule has 1 aromatic rings. The minimum Gasteiger partial charge on any atom is -0.490 e. The Morgan fingerprint density at radius 3 is 2.67 bits per heavy atom. The second-order valence-electron chi connectivity index (χ2n) is 4.86. The van der Waals surface area contributed by atoms with E-state index in [0.29, 0.717) is 37.7 Å². The van der Waals surface area contributed by atoms with Crippen LogP contribution in [0.5, 0.6) is 11.5 Å². The van der Waals surface area contributed by atoms with Crippen LogP contribution >= 0.6 is 15.9 Å². The van der Waals surface area contributed by atoms with Crippen LogP contribution in [0.3, 0.4) is 0 Å². The molecule has 21 heavy (non-hydrogen) atoms. The van der Waals surface area contributed by atoms with Crippen LogP contribution in [0, 0.1) is 0 Å². The Balaban J connectivity index is 2.71. The maximum atomic E-state index is 11.6. The third-order valence-electron chi connectivity index (χ3n) is 2.63. The maximum absolute atomic E-state index is 11.6. The van der Waals surface area contributed by atoms with Crippen LogP contribution in [-0.2, 0) is 11.3 Å². The van der Waals surface area contributed by atoms with Gasteiger partial charge in [-0.1, -0.05) is 0 Å². The van der Waals surface area contributed by atoms with E-state index in [1.165, 1.54) is 0 Å². The molecule has 0 fully saturated rings. The molecular formula is C15H23BrN2O3. The van der Waals surface area contributed by atoms with Gasteiger partial charge >= 0.3 is 0 Å². The van der Waals surface area contributed by atoms with Crippen molar-refractivity contribution in [3.05, 3.63) is 22.2 Å². The van der Waals surface area contributed by atoms with E-state index in [-0.39, 0.29) is 11.9 Å². The van der Waals surface area contributed by atoms with Crippen molar-refractivity contribution in [3.8, 4) is 11.5 Å². The first kappa shape index (κ1) is 17.8. The molecule has 5 nitrogen and oxygen atoms in total. The highest BCUT2D eigenvalue weighted by Crippen LogP contribution is 2.36. The molecule has 0 aromatic heterocycles. The summed E-state index contributed by atoms with van der Waals surface area (Å²) >= 11 is 3.46. The molecule has 0 radical (unpaired) electrons. The number of benzene rings is 1. The Hall–Kier alpha value is -1.27. The maximum Gasteiger partial charge on any atom is 0.223 e. The van der Waals surface area contributed by atoms with Gasteiger partial charge in [-0.05, 0) is 54.4 Å². The number of nitrogens with two attached hydrogens (primary N) is 1. The van der Waals surface area contributed by atoms with Crippen LogP contribution in [0.1, 0.15) is 32.8 Å². The zero-order valence-electron chi connectivity index (χ0n) is 12.7. The van der Waals surface area contributed by atoms with Crippen molar-refractivity contribution in [2.24, 2.45) is 5.73 Å². The smallest absolute Gasteiger partial charge is 0.223 e. The lowest BCUT2D eigenvalue weighted by atomic mass is 10.2. The van der Waals surface area contributed by atoms with Crippen molar-refractivity contribution < 1.29 is 14.3 Å². The summed E-state index contributed by atoms with van der Waals surface area (Å²) in [7, 11) is 0. The molecule has 1 amide bonds. The molecule has 0 saturated heterocycles. The highest BCUT2D eigenvalue weighted by atomic mass is 79.9. The van der Waals surface area contributed by atoms with Crippen molar-refractivity contribution in [1.29, 1.82) is 0 Å². The van der Waals surface area contributed by atoms with Gasteiger partial charge in [-0.3, -0.25) is 4.79 Å². The van der Waals surface area contributed by atoms with Crippen LogP contribution in [0.25, 0.3) is 0 Å². The third kappa shape index (κ3) is 5.93. The molecule has 0 heterocycles. The summed E-state index contributed by atoms with van der Waals surface area (Å²) < 4.78 is 12.0. The molecule has 0 unspecified atom stereocenters. The molecular weight excluding hydrogens is 336 g/mol. The zero-order chi connectivity index (χ0) is 15.8. The summed E-state index contributed by atoms with van der Waals surface area (Å²) in [6.45, 7) is 7.00. The molecule has 0 spiro atoms. The normalized spacial score (nSPS) is 10.6. The standard InChI is InChI=1S/C15H23BrN2O3/c1-4-20-13-8-11(9-17)7-12(16)15(13)21-6-5-14(19)18-10(2)3/h7-8,10H,4-6,9,17H2,1-3H3,(H,18,19). The second-order valence-corrected chi connectivity index (χ2v) is 5.72. The van der Waals surface area contributed by atoms with Gasteiger partial charge in [0.2, 0.25) is 5.91 Å². The predicted molar refractivity (Wildman–Crippen MR) is 86.6 cm³/mol. The van der Waals surface area contributed by atoms with E-state index >= 15 is 0 Å². The second kappa shape index (κ2) is 8.89. The van der Waals surface area contributed by atoms with Crippen molar-refractivity contribution in [3.63, 3.8) is 0 Å². The lowest BCUT2D eigenvalue weighted by Crippen LogP contribution is -2.31. The fourth-order valence-electron chi connectivity index (χ4n) is 1.78. The number of carbonyl (C=O) groups excluding carboxylic acids is 1. The fraction of sp³-hybridized carbons (Fsp3) is 0.533. The molecule has 0 atom stereocenters. The number of ether oxygens (including phenoxy) is 2. The van der Waals surface area contributed by atoms with Gasteiger partial charge in [-0.15, -0.1) is 0 Å². The van der Waals surface area contributed by atoms with Gasteiger partial charge in [0.25, 0.3) is 0 Å². The Bertz CT molecular complexity index is 478. The van der Waals surface area contributed by atoms with Crippen molar-refractivity contribution in [2.45, 2.75) is 39.8 Å². The van der Waals surface area contributed by atoms with E-state index in [4.69, 9.17) is 15.2 Å². The molecule has 0 aliphatic heterocycles. The largest absolute Gasteiger partial charge is 0.490 e. The average Bonchev–Trinajstić information content (AvgIpc) is 2.40. The molecule has 0 aliphatic rings. The fourth-order valence-corrected chi connectivity index (χ4v) is 2.39. The van der Waals surface area contributed by atoms with Gasteiger partial charge in [0.05, 0.1) is 24.1 Å². The number of hydrogen-bond donors (Lipinski definition) is 2. The topological polar surface area (TPSA) is 73.6 Å². The number of amides is 1. The highest BCUT2D eigenvalue weighted by Gasteiger charge is 2.13. The number of nitrogens with one attached hydrogen (secondary N) is 1. The van der Waals surface area contributed by atoms with E-state index in [0.717, 1.165) is 10.0 Å². The van der Waals surface area contributed by atoms with Gasteiger partial charge in [0, 0.05) is 12.6 Å². The highest BCUT2D eigenvalue weighted by molar-refractivity contribution is 9.10. The van der Waals surface area contributed by atoms with Crippen molar-refractivity contribution >= 4 is 21.8 Å². The van der Waals surface area contributed by atoms with Gasteiger partial charge in [-0.25, -0.2) is 0 Å². The summed E-state index contributed by atoms with van der Waals surface area (Å²) in [6, 6.07) is 3.89. The summed E-state index contributed by atoms with van der Waals surface area (Å²) in [6.07, 6.45) is 0.300. The van der Waals surface area contributed by atoms with Crippen molar-refractivity contribution in [2.75, 3.05) is 13.2 Å². The lowest BCUT2D eigenvalue weighted by molar-refractivity contribution is -0.122. The molecule has 0 bridgehead atoms. The monoisotopic (exact) mass is 358 g/mol. The number of hydrogen-bond acceptors (Lipinski definition) is 4. The number of rotatable bonds is 8. The van der Waals surface area contributed by atoms with Crippen LogP contribution in [0.2, 0.25) is 0 Å². The summed E-state index contributed by atoms with van der Waals surface area (Å²) in [5.74, 6) is 1.21. The number of carbonyl (C=O) groups is 1. The summed E-state index contributed by atoms with van der Waals surface area (Å²) in [5, 5.41) is 2.82. The first-order chi connectivity index (χ1) is 9.97. The quantitative estimate of drug-likeness (QED) is 0.748. The molecule has 118 valence electrons. The Morgan fingerprint density at radius 2 is 2.10 bits per heavy atom. The Morgan fingerprint density at radius 1 is 1.38 bits per heavy atom. The molecule has 0 aliphatic carbocycles. The SMILES string of the molecule is CCOc1cc(CN)cc(Br)c1OCCC(=O)NC(C)C. The minimum atomic E-state index is -0.0299. The van der Waals surface area contributed by atoms with E-state index < -0.39 is 0 Å². The van der Waals surface area contributed by atoms with E-state index in [2.05, 4.69) is 21.2 Å². The molecule has 1 rings (SSSR count). The molecule has 0 saturated carbocycles. The van der Waals surface area contributed by atoms with Crippen LogP contribution in [-0.4, -0.2) is 25.2 Å². The summed E-state index contributed by atoms with van der Waals surface area (Å²) in [4.78, 5) is 11.6. The van der Waals surface area contributed by atoms with Gasteiger partial charge in [-0.2, -0.15) is 0 Å². The van der Waals surface area contributed by atoms with Crippen LogP contribution in [0.4, 0.5) is 0 Å². The molecule has 6 heteroatoms. The first-order valence-electron chi connectivity index (χ1n) is 7.05. The van der Waals surface area contributed by atoms with Gasteiger partial charge in [0.15, 0.2) is 11.5 Å². The lowest BCUT2D eigenvalue weighted by Gasteiger charge is -2.15. The average molecular weight is 359 g/mol. The van der Waals surface area contributed by atoms with E-state index in [9.17, 15) is 4.79 Å². The number of halogens is 1. The van der Waals surface area contributed by atoms with Gasteiger partial charge in [0.1, 0.15) is 0 Å². The third-order valence-corrected chi connectivity index (χ3v) is 3.22. The van der Waals surface area contributed by atoms with E-state index in [1.54, 1.807) is 0 Å². The van der Waals surface area contributed by atoms with Crippen LogP contribution in [0.15, 0.2) is 16.6 Å². The van der Waals surface area contributed by atoms with Gasteiger partial charge < -0.3 is 20.5 Å². The van der Waals surface area contributed by atoms with Crippen LogP contribution < -0.4 is 20.5 Å². The Kier molecular flexibility index (Phi) is 7.53. The first-order valence-corrected chi connectivity index (χ1v) is 7.84.